The molecule has 1 amide bonds. The van der Waals surface area contributed by atoms with Gasteiger partial charge in [0.15, 0.2) is 5.78 Å². The molecule has 0 unspecified atom stereocenters. The van der Waals surface area contributed by atoms with Gasteiger partial charge in [0.1, 0.15) is 11.9 Å². The zero-order valence-corrected chi connectivity index (χ0v) is 19.0. The van der Waals surface area contributed by atoms with Gasteiger partial charge < -0.3 is 4.90 Å². The number of pyridine rings is 1. The van der Waals surface area contributed by atoms with Gasteiger partial charge in [-0.1, -0.05) is 13.3 Å². The van der Waals surface area contributed by atoms with Crippen molar-refractivity contribution in [3.05, 3.63) is 22.9 Å². The Balaban J connectivity index is 1.63. The van der Waals surface area contributed by atoms with E-state index in [1.807, 2.05) is 11.8 Å². The number of hydrogen-bond acceptors (Lipinski definition) is 7. The summed E-state index contributed by atoms with van der Waals surface area (Å²) < 4.78 is 26.7. The fourth-order valence-corrected chi connectivity index (χ4v) is 5.67. The number of aryl methyl sites for hydroxylation is 1. The summed E-state index contributed by atoms with van der Waals surface area (Å²) >= 11 is 0. The quantitative estimate of drug-likeness (QED) is 0.610. The van der Waals surface area contributed by atoms with Gasteiger partial charge in [-0.15, -0.1) is 0 Å². The van der Waals surface area contributed by atoms with Crippen molar-refractivity contribution >= 4 is 27.5 Å². The van der Waals surface area contributed by atoms with Gasteiger partial charge in [-0.2, -0.15) is 5.26 Å². The van der Waals surface area contributed by atoms with E-state index in [2.05, 4.69) is 15.8 Å². The van der Waals surface area contributed by atoms with Crippen LogP contribution in [0.2, 0.25) is 0 Å². The highest BCUT2D eigenvalue weighted by Gasteiger charge is 2.31. The second-order valence-corrected chi connectivity index (χ2v) is 10.4. The SMILES string of the molecule is CCCC(=O)c1cc(C#N)c(N2CCC(C(=O)NS(=O)(=O)CC3CCC3)CC2)nc1C. The zero-order chi connectivity index (χ0) is 22.6. The van der Waals surface area contributed by atoms with Crippen LogP contribution in [0.15, 0.2) is 6.07 Å². The predicted octanol–water partition coefficient (Wildman–Crippen LogP) is 2.71. The van der Waals surface area contributed by atoms with Gasteiger partial charge in [0.2, 0.25) is 15.9 Å². The van der Waals surface area contributed by atoms with E-state index < -0.39 is 15.9 Å². The molecule has 0 aromatic carbocycles. The fourth-order valence-electron chi connectivity index (χ4n) is 4.16. The highest BCUT2D eigenvalue weighted by atomic mass is 32.2. The van der Waals surface area contributed by atoms with Crippen molar-refractivity contribution < 1.29 is 18.0 Å². The highest BCUT2D eigenvalue weighted by Crippen LogP contribution is 2.29. The number of rotatable bonds is 8. The second-order valence-electron chi connectivity index (χ2n) is 8.58. The number of sulfonamides is 1. The zero-order valence-electron chi connectivity index (χ0n) is 18.2. The lowest BCUT2D eigenvalue weighted by Crippen LogP contribution is -2.44. The van der Waals surface area contributed by atoms with Crippen LogP contribution in [0.3, 0.4) is 0 Å². The molecule has 2 heterocycles. The second kappa shape index (κ2) is 9.77. The maximum absolute atomic E-state index is 12.5. The van der Waals surface area contributed by atoms with Crippen molar-refractivity contribution in [1.82, 2.24) is 9.71 Å². The Morgan fingerprint density at radius 2 is 1.94 bits per heavy atom. The number of aromatic nitrogens is 1. The smallest absolute Gasteiger partial charge is 0.236 e. The van der Waals surface area contributed by atoms with Gasteiger partial charge >= 0.3 is 0 Å². The number of ketones is 1. The van der Waals surface area contributed by atoms with E-state index in [1.54, 1.807) is 13.0 Å². The molecule has 0 bridgehead atoms. The van der Waals surface area contributed by atoms with Crippen molar-refractivity contribution in [3.8, 4) is 6.07 Å². The summed E-state index contributed by atoms with van der Waals surface area (Å²) in [5, 5.41) is 9.58. The standard InChI is InChI=1S/C22H30N4O4S/c1-3-5-20(27)19-12-18(13-23)21(24-15(19)2)26-10-8-17(9-11-26)22(28)25-31(29,30)14-16-6-4-7-16/h12,16-17H,3-11,14H2,1-2H3,(H,25,28). The Labute approximate surface area is 184 Å². The molecule has 1 aromatic heterocycles. The fraction of sp³-hybridized carbons (Fsp3) is 0.636. The number of anilines is 1. The molecular formula is C22H30N4O4S. The van der Waals surface area contributed by atoms with E-state index in [4.69, 9.17) is 0 Å². The van der Waals surface area contributed by atoms with E-state index in [-0.39, 0.29) is 23.4 Å². The topological polar surface area (TPSA) is 120 Å². The Hall–Kier alpha value is -2.47. The summed E-state index contributed by atoms with van der Waals surface area (Å²) in [5.74, 6) is -0.139. The molecule has 0 atom stereocenters. The van der Waals surface area contributed by atoms with E-state index in [9.17, 15) is 23.3 Å². The first-order valence-electron chi connectivity index (χ1n) is 11.0. The Kier molecular flexibility index (Phi) is 7.31. The number of amides is 1. The molecule has 1 saturated carbocycles. The molecule has 3 rings (SSSR count). The summed E-state index contributed by atoms with van der Waals surface area (Å²) in [7, 11) is -3.59. The van der Waals surface area contributed by atoms with Crippen LogP contribution in [0.4, 0.5) is 5.82 Å². The number of nitrogens with one attached hydrogen (secondary N) is 1. The first-order chi connectivity index (χ1) is 14.7. The molecule has 0 spiro atoms. The normalized spacial score (nSPS) is 17.6. The number of carbonyl (C=O) groups is 2. The number of nitriles is 1. The van der Waals surface area contributed by atoms with Crippen LogP contribution in [0.5, 0.6) is 0 Å². The van der Waals surface area contributed by atoms with Crippen LogP contribution in [-0.4, -0.2) is 43.9 Å². The Morgan fingerprint density at radius 3 is 2.48 bits per heavy atom. The van der Waals surface area contributed by atoms with Crippen molar-refractivity contribution in [1.29, 1.82) is 5.26 Å². The molecule has 0 radical (unpaired) electrons. The van der Waals surface area contributed by atoms with Crippen LogP contribution in [0.25, 0.3) is 0 Å². The van der Waals surface area contributed by atoms with Crippen LogP contribution < -0.4 is 9.62 Å². The number of Topliss-reactive ketones (excluding diaryl/α,β-unsaturated/α-hetero) is 1. The van der Waals surface area contributed by atoms with Gasteiger partial charge in [0.05, 0.1) is 17.0 Å². The van der Waals surface area contributed by atoms with E-state index in [0.717, 1.165) is 25.7 Å². The summed E-state index contributed by atoms with van der Waals surface area (Å²) in [4.78, 5) is 31.2. The molecule has 1 saturated heterocycles. The molecule has 8 nitrogen and oxygen atoms in total. The molecule has 1 aromatic rings. The average molecular weight is 447 g/mol. The molecule has 9 heteroatoms. The van der Waals surface area contributed by atoms with Gasteiger partial charge in [0, 0.05) is 31.0 Å². The molecular weight excluding hydrogens is 416 g/mol. The van der Waals surface area contributed by atoms with E-state index in [0.29, 0.717) is 55.0 Å². The summed E-state index contributed by atoms with van der Waals surface area (Å²) in [6.45, 7) is 4.67. The third-order valence-electron chi connectivity index (χ3n) is 6.19. The number of nitrogens with zero attached hydrogens (tertiary/aromatic N) is 3. The maximum atomic E-state index is 12.5. The Morgan fingerprint density at radius 1 is 1.26 bits per heavy atom. The predicted molar refractivity (Wildman–Crippen MR) is 117 cm³/mol. The van der Waals surface area contributed by atoms with Crippen LogP contribution in [-0.2, 0) is 14.8 Å². The van der Waals surface area contributed by atoms with Crippen LogP contribution in [0.1, 0.15) is 73.5 Å². The summed E-state index contributed by atoms with van der Waals surface area (Å²) in [5.41, 5.74) is 1.42. The largest absolute Gasteiger partial charge is 0.355 e. The van der Waals surface area contributed by atoms with Crippen molar-refractivity contribution in [2.24, 2.45) is 11.8 Å². The molecule has 1 aliphatic carbocycles. The summed E-state index contributed by atoms with van der Waals surface area (Å²) in [6, 6.07) is 3.75. The minimum absolute atomic E-state index is 0.0194. The van der Waals surface area contributed by atoms with Crippen molar-refractivity contribution in [2.45, 2.75) is 58.8 Å². The minimum Gasteiger partial charge on any atom is -0.355 e. The van der Waals surface area contributed by atoms with E-state index in [1.165, 1.54) is 0 Å². The lowest BCUT2D eigenvalue weighted by molar-refractivity contribution is -0.123. The molecule has 2 aliphatic rings. The van der Waals surface area contributed by atoms with Gasteiger partial charge in [0.25, 0.3) is 0 Å². The Bertz CT molecular complexity index is 987. The monoisotopic (exact) mass is 446 g/mol. The molecule has 2 fully saturated rings. The molecule has 1 N–H and O–H groups in total. The first-order valence-corrected chi connectivity index (χ1v) is 12.6. The number of hydrogen-bond donors (Lipinski definition) is 1. The van der Waals surface area contributed by atoms with Crippen LogP contribution >= 0.6 is 0 Å². The van der Waals surface area contributed by atoms with Gasteiger partial charge in [-0.3, -0.25) is 14.3 Å². The minimum atomic E-state index is -3.59. The summed E-state index contributed by atoms with van der Waals surface area (Å²) in [6.07, 6.45) is 4.97. The molecule has 168 valence electrons. The lowest BCUT2D eigenvalue weighted by atomic mass is 9.87. The molecule has 31 heavy (non-hydrogen) atoms. The third kappa shape index (κ3) is 5.62. The number of piperidine rings is 1. The highest BCUT2D eigenvalue weighted by molar-refractivity contribution is 7.90. The van der Waals surface area contributed by atoms with Crippen molar-refractivity contribution in [2.75, 3.05) is 23.7 Å². The third-order valence-corrected chi connectivity index (χ3v) is 7.61. The first kappa shape index (κ1) is 23.2. The number of carbonyl (C=O) groups excluding carboxylic acids is 2. The van der Waals surface area contributed by atoms with Crippen molar-refractivity contribution in [3.63, 3.8) is 0 Å². The van der Waals surface area contributed by atoms with Crippen LogP contribution in [0, 0.1) is 30.1 Å². The van der Waals surface area contributed by atoms with Gasteiger partial charge in [-0.05, 0) is 51.0 Å². The maximum Gasteiger partial charge on any atom is 0.236 e. The average Bonchev–Trinajstić information content (AvgIpc) is 2.70. The molecule has 1 aliphatic heterocycles. The van der Waals surface area contributed by atoms with Gasteiger partial charge in [-0.25, -0.2) is 13.4 Å². The lowest BCUT2D eigenvalue weighted by Gasteiger charge is -2.33. The van der Waals surface area contributed by atoms with E-state index >= 15 is 0 Å².